The molecule has 2 aliphatic heterocycles. The highest BCUT2D eigenvalue weighted by atomic mass is 16.7. The van der Waals surface area contributed by atoms with Gasteiger partial charge in [0.25, 0.3) is 0 Å². The number of hydrogen-bond donors (Lipinski definition) is 1. The number of hydrogen-bond acceptors (Lipinski definition) is 3. The van der Waals surface area contributed by atoms with E-state index in [0.29, 0.717) is 6.10 Å². The lowest BCUT2D eigenvalue weighted by Crippen LogP contribution is -2.39. The Morgan fingerprint density at radius 2 is 2.22 bits per heavy atom. The third-order valence-corrected chi connectivity index (χ3v) is 1.94. The molecule has 3 atom stereocenters. The van der Waals surface area contributed by atoms with Crippen LogP contribution in [-0.2, 0) is 9.47 Å². The normalized spacial score (nSPS) is 49.7. The molecule has 0 aromatic rings. The van der Waals surface area contributed by atoms with Gasteiger partial charge in [0.2, 0.25) is 0 Å². The Balaban J connectivity index is 2.05. The Morgan fingerprint density at radius 3 is 3.00 bits per heavy atom. The lowest BCUT2D eigenvalue weighted by molar-refractivity contribution is -0.0942. The summed E-state index contributed by atoms with van der Waals surface area (Å²) in [5.41, 5.74) is 5.67. The van der Waals surface area contributed by atoms with E-state index in [1.165, 1.54) is 0 Å². The van der Waals surface area contributed by atoms with Gasteiger partial charge in [-0.1, -0.05) is 0 Å². The predicted octanol–water partition coefficient (Wildman–Crippen LogP) is -0.151. The third-order valence-electron chi connectivity index (χ3n) is 1.94. The maximum Gasteiger partial charge on any atom is 0.173 e. The SMILES string of the molecule is NC1CCC2COC1O2. The van der Waals surface area contributed by atoms with Crippen molar-refractivity contribution in [2.24, 2.45) is 5.73 Å². The molecule has 3 heteroatoms. The fraction of sp³-hybridized carbons (Fsp3) is 1.00. The van der Waals surface area contributed by atoms with Gasteiger partial charge in [-0.25, -0.2) is 0 Å². The zero-order chi connectivity index (χ0) is 6.27. The maximum absolute atomic E-state index is 5.67. The molecule has 2 rings (SSSR count). The molecule has 0 spiro atoms. The lowest BCUT2D eigenvalue weighted by Gasteiger charge is -2.23. The van der Waals surface area contributed by atoms with Crippen LogP contribution >= 0.6 is 0 Å². The van der Waals surface area contributed by atoms with Crippen molar-refractivity contribution in [3.63, 3.8) is 0 Å². The average molecular weight is 129 g/mol. The van der Waals surface area contributed by atoms with Gasteiger partial charge in [0.15, 0.2) is 6.29 Å². The van der Waals surface area contributed by atoms with Crippen LogP contribution in [0.2, 0.25) is 0 Å². The van der Waals surface area contributed by atoms with Crippen LogP contribution in [0.4, 0.5) is 0 Å². The van der Waals surface area contributed by atoms with Crippen molar-refractivity contribution in [3.05, 3.63) is 0 Å². The summed E-state index contributed by atoms with van der Waals surface area (Å²) in [6.45, 7) is 0.748. The van der Waals surface area contributed by atoms with E-state index in [4.69, 9.17) is 15.2 Å². The summed E-state index contributed by atoms with van der Waals surface area (Å²) in [7, 11) is 0. The fourth-order valence-electron chi connectivity index (χ4n) is 1.36. The Bertz CT molecular complexity index is 118. The first-order valence-corrected chi connectivity index (χ1v) is 3.39. The second kappa shape index (κ2) is 1.94. The molecule has 9 heavy (non-hydrogen) atoms. The van der Waals surface area contributed by atoms with E-state index < -0.39 is 0 Å². The molecular formula is C6H11NO2. The predicted molar refractivity (Wildman–Crippen MR) is 31.8 cm³/mol. The quantitative estimate of drug-likeness (QED) is 0.494. The standard InChI is InChI=1S/C6H11NO2/c7-5-2-1-4-3-8-6(5)9-4/h4-6H,1-3,7H2. The van der Waals surface area contributed by atoms with Crippen LogP contribution in [0.5, 0.6) is 0 Å². The van der Waals surface area contributed by atoms with Gasteiger partial charge < -0.3 is 15.2 Å². The molecule has 0 amide bonds. The Labute approximate surface area is 54.1 Å². The van der Waals surface area contributed by atoms with Crippen LogP contribution in [0.15, 0.2) is 0 Å². The molecule has 2 heterocycles. The summed E-state index contributed by atoms with van der Waals surface area (Å²) in [6.07, 6.45) is 2.37. The van der Waals surface area contributed by atoms with Crippen LogP contribution in [0.3, 0.4) is 0 Å². The Morgan fingerprint density at radius 1 is 1.33 bits per heavy atom. The van der Waals surface area contributed by atoms with E-state index in [1.807, 2.05) is 0 Å². The molecule has 3 unspecified atom stereocenters. The van der Waals surface area contributed by atoms with Crippen molar-refractivity contribution >= 4 is 0 Å². The number of rotatable bonds is 0. The molecule has 52 valence electrons. The van der Waals surface area contributed by atoms with E-state index in [9.17, 15) is 0 Å². The second-order valence-corrected chi connectivity index (χ2v) is 2.70. The highest BCUT2D eigenvalue weighted by Crippen LogP contribution is 2.25. The molecule has 2 fully saturated rings. The van der Waals surface area contributed by atoms with Gasteiger partial charge in [0.1, 0.15) is 0 Å². The fourth-order valence-corrected chi connectivity index (χ4v) is 1.36. The summed E-state index contributed by atoms with van der Waals surface area (Å²) in [4.78, 5) is 0. The first kappa shape index (κ1) is 5.65. The summed E-state index contributed by atoms with van der Waals surface area (Å²) < 4.78 is 10.6. The lowest BCUT2D eigenvalue weighted by atomic mass is 10.1. The van der Waals surface area contributed by atoms with Crippen LogP contribution in [0.25, 0.3) is 0 Å². The molecule has 2 saturated heterocycles. The van der Waals surface area contributed by atoms with Crippen molar-refractivity contribution in [3.8, 4) is 0 Å². The van der Waals surface area contributed by atoms with Crippen molar-refractivity contribution in [1.82, 2.24) is 0 Å². The molecule has 0 aliphatic carbocycles. The minimum atomic E-state index is -0.0938. The van der Waals surface area contributed by atoms with Gasteiger partial charge in [0, 0.05) is 0 Å². The Hall–Kier alpha value is -0.120. The number of ether oxygens (including phenoxy) is 2. The van der Waals surface area contributed by atoms with Crippen LogP contribution in [-0.4, -0.2) is 25.0 Å². The highest BCUT2D eigenvalue weighted by molar-refractivity contribution is 4.80. The monoisotopic (exact) mass is 129 g/mol. The second-order valence-electron chi connectivity index (χ2n) is 2.70. The van der Waals surface area contributed by atoms with Crippen molar-refractivity contribution in [2.75, 3.05) is 6.61 Å². The molecule has 0 radical (unpaired) electrons. The summed E-state index contributed by atoms with van der Waals surface area (Å²) >= 11 is 0. The number of nitrogens with two attached hydrogens (primary N) is 1. The molecule has 0 aromatic heterocycles. The van der Waals surface area contributed by atoms with Gasteiger partial charge in [-0.05, 0) is 12.8 Å². The Kier molecular flexibility index (Phi) is 1.22. The summed E-state index contributed by atoms with van der Waals surface area (Å²) in [6, 6.07) is 0.115. The van der Waals surface area contributed by atoms with E-state index in [0.717, 1.165) is 19.4 Å². The molecular weight excluding hydrogens is 118 g/mol. The van der Waals surface area contributed by atoms with Gasteiger partial charge in [-0.2, -0.15) is 0 Å². The topological polar surface area (TPSA) is 44.5 Å². The molecule has 2 aliphatic rings. The number of fused-ring (bicyclic) bond motifs is 2. The first-order valence-electron chi connectivity index (χ1n) is 3.39. The highest BCUT2D eigenvalue weighted by Gasteiger charge is 2.35. The van der Waals surface area contributed by atoms with Gasteiger partial charge >= 0.3 is 0 Å². The molecule has 0 saturated carbocycles. The van der Waals surface area contributed by atoms with E-state index >= 15 is 0 Å². The maximum atomic E-state index is 5.67. The summed E-state index contributed by atoms with van der Waals surface area (Å²) in [5, 5.41) is 0. The van der Waals surface area contributed by atoms with Crippen LogP contribution in [0.1, 0.15) is 12.8 Å². The van der Waals surface area contributed by atoms with Gasteiger partial charge in [-0.15, -0.1) is 0 Å². The smallest absolute Gasteiger partial charge is 0.173 e. The van der Waals surface area contributed by atoms with Crippen molar-refractivity contribution < 1.29 is 9.47 Å². The molecule has 0 aromatic carbocycles. The first-order chi connectivity index (χ1) is 4.36. The van der Waals surface area contributed by atoms with Crippen molar-refractivity contribution in [1.29, 1.82) is 0 Å². The minimum Gasteiger partial charge on any atom is -0.348 e. The average Bonchev–Trinajstić information content (AvgIpc) is 2.25. The molecule has 2 bridgehead atoms. The van der Waals surface area contributed by atoms with E-state index in [2.05, 4.69) is 0 Å². The zero-order valence-corrected chi connectivity index (χ0v) is 5.25. The van der Waals surface area contributed by atoms with E-state index in [1.54, 1.807) is 0 Å². The zero-order valence-electron chi connectivity index (χ0n) is 5.25. The van der Waals surface area contributed by atoms with Crippen LogP contribution < -0.4 is 5.73 Å². The largest absolute Gasteiger partial charge is 0.348 e. The summed E-state index contributed by atoms with van der Waals surface area (Å²) in [5.74, 6) is 0. The van der Waals surface area contributed by atoms with Gasteiger partial charge in [0.05, 0.1) is 18.8 Å². The minimum absolute atomic E-state index is 0.0938. The third kappa shape index (κ3) is 0.852. The van der Waals surface area contributed by atoms with Crippen molar-refractivity contribution in [2.45, 2.75) is 31.3 Å². The van der Waals surface area contributed by atoms with Gasteiger partial charge in [-0.3, -0.25) is 0 Å². The molecule has 3 nitrogen and oxygen atoms in total. The van der Waals surface area contributed by atoms with E-state index in [-0.39, 0.29) is 12.3 Å². The molecule has 2 N–H and O–H groups in total. The van der Waals surface area contributed by atoms with Crippen LogP contribution in [0, 0.1) is 0 Å².